The van der Waals surface area contributed by atoms with E-state index in [9.17, 15) is 9.59 Å². The van der Waals surface area contributed by atoms with Gasteiger partial charge in [0.15, 0.2) is 0 Å². The van der Waals surface area contributed by atoms with Crippen LogP contribution in [0.3, 0.4) is 0 Å². The Morgan fingerprint density at radius 2 is 1.62 bits per heavy atom. The van der Waals surface area contributed by atoms with Crippen molar-refractivity contribution in [3.05, 3.63) is 23.8 Å². The molecule has 4 nitrogen and oxygen atoms in total. The summed E-state index contributed by atoms with van der Waals surface area (Å²) in [7, 11) is 0. The van der Waals surface area contributed by atoms with Crippen LogP contribution in [-0.2, 0) is 19.1 Å². The zero-order chi connectivity index (χ0) is 12.6. The lowest BCUT2D eigenvalue weighted by Crippen LogP contribution is -2.11. The van der Waals surface area contributed by atoms with Crippen LogP contribution in [0.25, 0.3) is 0 Å². The highest BCUT2D eigenvalue weighted by Crippen LogP contribution is 1.98. The monoisotopic (exact) mass is 226 g/mol. The van der Waals surface area contributed by atoms with Crippen molar-refractivity contribution < 1.29 is 19.1 Å². The number of carbonyl (C=O) groups is 2. The highest BCUT2D eigenvalue weighted by Gasteiger charge is 2.05. The normalized spacial score (nSPS) is 10.8. The Bertz CT molecular complexity index is 302. The average molecular weight is 226 g/mol. The van der Waals surface area contributed by atoms with Crippen molar-refractivity contribution in [1.82, 2.24) is 0 Å². The van der Waals surface area contributed by atoms with Gasteiger partial charge in [0.25, 0.3) is 0 Å². The molecular weight excluding hydrogens is 208 g/mol. The van der Waals surface area contributed by atoms with Crippen LogP contribution in [0, 0.1) is 0 Å². The van der Waals surface area contributed by atoms with Gasteiger partial charge in [0.05, 0.1) is 13.2 Å². The molecule has 0 saturated carbocycles. The Kier molecular flexibility index (Phi) is 6.92. The number of ether oxygens (including phenoxy) is 2. The third kappa shape index (κ3) is 6.01. The van der Waals surface area contributed by atoms with Crippen LogP contribution in [-0.4, -0.2) is 25.2 Å². The van der Waals surface area contributed by atoms with Gasteiger partial charge in [0.1, 0.15) is 0 Å². The lowest BCUT2D eigenvalue weighted by molar-refractivity contribution is -0.141. The molecule has 0 aliphatic rings. The van der Waals surface area contributed by atoms with Crippen LogP contribution in [0.4, 0.5) is 0 Å². The number of hydrogen-bond donors (Lipinski definition) is 0. The van der Waals surface area contributed by atoms with Crippen molar-refractivity contribution in [2.75, 3.05) is 13.2 Å². The molecule has 0 N–H and O–H groups in total. The number of allylic oxidation sites excluding steroid dienone is 1. The summed E-state index contributed by atoms with van der Waals surface area (Å²) in [5, 5.41) is 0. The largest absolute Gasteiger partial charge is 0.462 e. The van der Waals surface area contributed by atoms with Crippen molar-refractivity contribution in [2.45, 2.75) is 27.2 Å². The van der Waals surface area contributed by atoms with E-state index < -0.39 is 5.97 Å². The molecule has 0 amide bonds. The number of esters is 2. The lowest BCUT2D eigenvalue weighted by Gasteiger charge is -2.05. The molecule has 0 bridgehead atoms. The first kappa shape index (κ1) is 14.4. The summed E-state index contributed by atoms with van der Waals surface area (Å²) in [6, 6.07) is 0. The van der Waals surface area contributed by atoms with Crippen LogP contribution in [0.5, 0.6) is 0 Å². The molecule has 0 heterocycles. The van der Waals surface area contributed by atoms with E-state index in [0.29, 0.717) is 17.6 Å². The van der Waals surface area contributed by atoms with E-state index in [-0.39, 0.29) is 19.2 Å². The van der Waals surface area contributed by atoms with Crippen molar-refractivity contribution in [3.63, 3.8) is 0 Å². The number of carbonyl (C=O) groups excluding carboxylic acids is 2. The number of rotatable bonds is 6. The van der Waals surface area contributed by atoms with E-state index in [1.165, 1.54) is 0 Å². The van der Waals surface area contributed by atoms with Gasteiger partial charge < -0.3 is 9.47 Å². The smallest absolute Gasteiger partial charge is 0.333 e. The second kappa shape index (κ2) is 7.68. The average Bonchev–Trinajstić information content (AvgIpc) is 2.26. The van der Waals surface area contributed by atoms with Gasteiger partial charge in [-0.15, -0.1) is 0 Å². The fourth-order valence-corrected chi connectivity index (χ4v) is 0.744. The van der Waals surface area contributed by atoms with Crippen molar-refractivity contribution in [1.29, 1.82) is 0 Å². The summed E-state index contributed by atoms with van der Waals surface area (Å²) in [4.78, 5) is 22.1. The number of hydrogen-bond acceptors (Lipinski definition) is 4. The second-order valence-electron chi connectivity index (χ2n) is 3.38. The van der Waals surface area contributed by atoms with Crippen LogP contribution in [0.1, 0.15) is 27.2 Å². The summed E-state index contributed by atoms with van der Waals surface area (Å²) in [5.74, 6) is -0.760. The molecule has 0 spiro atoms. The Balaban J connectivity index is 3.59. The molecule has 0 radical (unpaired) electrons. The van der Waals surface area contributed by atoms with Gasteiger partial charge >= 0.3 is 11.9 Å². The topological polar surface area (TPSA) is 52.6 Å². The molecule has 0 aliphatic heterocycles. The minimum atomic E-state index is -0.420. The summed E-state index contributed by atoms with van der Waals surface area (Å²) >= 11 is 0. The van der Waals surface area contributed by atoms with Crippen LogP contribution >= 0.6 is 0 Å². The summed E-state index contributed by atoms with van der Waals surface area (Å²) < 4.78 is 9.74. The Labute approximate surface area is 95.9 Å². The Morgan fingerprint density at radius 3 is 2.06 bits per heavy atom. The van der Waals surface area contributed by atoms with Gasteiger partial charge in [0.2, 0.25) is 0 Å². The van der Waals surface area contributed by atoms with E-state index in [1.807, 2.05) is 0 Å². The Hall–Kier alpha value is -1.58. The molecule has 0 aromatic rings. The molecule has 0 aromatic heterocycles. The maximum Gasteiger partial charge on any atom is 0.333 e. The van der Waals surface area contributed by atoms with Gasteiger partial charge in [-0.05, 0) is 20.8 Å². The molecule has 0 saturated heterocycles. The minimum absolute atomic E-state index is 0.230. The maximum absolute atomic E-state index is 11.2. The van der Waals surface area contributed by atoms with Gasteiger partial charge in [-0.2, -0.15) is 0 Å². The van der Waals surface area contributed by atoms with Gasteiger partial charge in [0, 0.05) is 17.6 Å². The van der Waals surface area contributed by atoms with E-state index in [1.54, 1.807) is 26.8 Å². The highest BCUT2D eigenvalue weighted by molar-refractivity contribution is 5.87. The predicted molar refractivity (Wildman–Crippen MR) is 60.8 cm³/mol. The van der Waals surface area contributed by atoms with E-state index >= 15 is 0 Å². The second-order valence-corrected chi connectivity index (χ2v) is 3.38. The third-order valence-corrected chi connectivity index (χ3v) is 1.86. The van der Waals surface area contributed by atoms with Crippen molar-refractivity contribution >= 4 is 11.9 Å². The zero-order valence-electron chi connectivity index (χ0n) is 10.0. The SMILES string of the molecule is C=C(C)C(=O)OCCCOC(=O)C(C)=CC. The summed E-state index contributed by atoms with van der Waals surface area (Å²) in [6.45, 7) is 8.96. The van der Waals surface area contributed by atoms with E-state index in [2.05, 4.69) is 6.58 Å². The van der Waals surface area contributed by atoms with Crippen LogP contribution < -0.4 is 0 Å². The molecule has 0 fully saturated rings. The molecule has 4 heteroatoms. The molecule has 0 rings (SSSR count). The molecule has 0 aromatic carbocycles. The molecular formula is C12H18O4. The van der Waals surface area contributed by atoms with Gasteiger partial charge in [-0.25, -0.2) is 9.59 Å². The Morgan fingerprint density at radius 1 is 1.12 bits per heavy atom. The predicted octanol–water partition coefficient (Wildman–Crippen LogP) is 2.01. The molecule has 0 unspecified atom stereocenters. The van der Waals surface area contributed by atoms with Gasteiger partial charge in [-0.3, -0.25) is 0 Å². The van der Waals surface area contributed by atoms with Gasteiger partial charge in [-0.1, -0.05) is 12.7 Å². The zero-order valence-corrected chi connectivity index (χ0v) is 10.0. The first-order valence-corrected chi connectivity index (χ1v) is 5.11. The van der Waals surface area contributed by atoms with E-state index in [4.69, 9.17) is 9.47 Å². The fraction of sp³-hybridized carbons (Fsp3) is 0.500. The summed E-state index contributed by atoms with van der Waals surface area (Å²) in [6.07, 6.45) is 2.17. The first-order valence-electron chi connectivity index (χ1n) is 5.11. The maximum atomic E-state index is 11.2. The van der Waals surface area contributed by atoms with Crippen molar-refractivity contribution in [2.24, 2.45) is 0 Å². The molecule has 0 atom stereocenters. The third-order valence-electron chi connectivity index (χ3n) is 1.86. The lowest BCUT2D eigenvalue weighted by atomic mass is 10.3. The van der Waals surface area contributed by atoms with Crippen LogP contribution in [0.2, 0.25) is 0 Å². The fourth-order valence-electron chi connectivity index (χ4n) is 0.744. The quantitative estimate of drug-likeness (QED) is 0.395. The molecule has 16 heavy (non-hydrogen) atoms. The summed E-state index contributed by atoms with van der Waals surface area (Å²) in [5.41, 5.74) is 0.931. The minimum Gasteiger partial charge on any atom is -0.462 e. The molecule has 90 valence electrons. The van der Waals surface area contributed by atoms with Crippen molar-refractivity contribution in [3.8, 4) is 0 Å². The molecule has 0 aliphatic carbocycles. The highest BCUT2D eigenvalue weighted by atomic mass is 16.5. The van der Waals surface area contributed by atoms with E-state index in [0.717, 1.165) is 0 Å². The standard InChI is InChI=1S/C12H18O4/c1-5-10(4)12(14)16-8-6-7-15-11(13)9(2)3/h5H,2,6-8H2,1,3-4H3. The first-order chi connectivity index (χ1) is 7.49. The van der Waals surface area contributed by atoms with Crippen LogP contribution in [0.15, 0.2) is 23.8 Å².